The third kappa shape index (κ3) is 3.60. The van der Waals surface area contributed by atoms with E-state index in [1.165, 1.54) is 11.8 Å². The van der Waals surface area contributed by atoms with Gasteiger partial charge in [0.15, 0.2) is 5.12 Å². The number of thioether (sulfide) groups is 1. The first kappa shape index (κ1) is 14.8. The number of amides is 1. The predicted octanol–water partition coefficient (Wildman–Crippen LogP) is 1.14. The summed E-state index contributed by atoms with van der Waals surface area (Å²) in [5, 5.41) is 9.01. The fourth-order valence-electron chi connectivity index (χ4n) is 1.80. The molecule has 0 aromatic rings. The number of carboxylic acid groups (broad SMARTS) is 1. The molecular weight excluding hydrogens is 254 g/mol. The number of carbonyl (C=O) groups is 3. The average molecular weight is 271 g/mol. The highest BCUT2D eigenvalue weighted by atomic mass is 32.2. The number of hydrogen-bond donors (Lipinski definition) is 1. The number of rotatable bonds is 4. The van der Waals surface area contributed by atoms with Crippen LogP contribution in [-0.4, -0.2) is 45.3 Å². The molecule has 100 valence electrons. The maximum atomic E-state index is 12.1. The Kier molecular flexibility index (Phi) is 4.95. The highest BCUT2D eigenvalue weighted by Gasteiger charge is 2.34. The second-order valence-electron chi connectivity index (χ2n) is 4.47. The van der Waals surface area contributed by atoms with Crippen molar-refractivity contribution < 1.29 is 19.5 Å². The second-order valence-corrected chi connectivity index (χ2v) is 5.66. The summed E-state index contributed by atoms with van der Waals surface area (Å²) in [6.07, 6.45) is 1.59. The zero-order valence-electron chi connectivity index (χ0n) is 10.7. The van der Waals surface area contributed by atoms with Gasteiger partial charge in [-0.2, -0.15) is 0 Å². The van der Waals surface area contributed by atoms with E-state index in [1.807, 2.05) is 0 Å². The lowest BCUT2D eigenvalue weighted by molar-refractivity contribution is -0.148. The molecule has 6 heteroatoms. The van der Waals surface area contributed by atoms with Crippen LogP contribution < -0.4 is 0 Å². The van der Waals surface area contributed by atoms with Crippen molar-refractivity contribution in [2.45, 2.75) is 26.8 Å². The van der Waals surface area contributed by atoms with Crippen LogP contribution in [0.4, 0.5) is 0 Å². The van der Waals surface area contributed by atoms with Crippen LogP contribution in [0, 0.1) is 5.92 Å². The van der Waals surface area contributed by atoms with E-state index in [9.17, 15) is 14.4 Å². The van der Waals surface area contributed by atoms with Gasteiger partial charge in [-0.05, 0) is 6.92 Å². The van der Waals surface area contributed by atoms with Gasteiger partial charge in [0.25, 0.3) is 0 Å². The van der Waals surface area contributed by atoms with Crippen molar-refractivity contribution in [1.29, 1.82) is 0 Å². The summed E-state index contributed by atoms with van der Waals surface area (Å²) in [7, 11) is 0. The Morgan fingerprint density at radius 1 is 1.56 bits per heavy atom. The van der Waals surface area contributed by atoms with E-state index in [-0.39, 0.29) is 16.9 Å². The van der Waals surface area contributed by atoms with Crippen LogP contribution in [0.2, 0.25) is 0 Å². The Hall–Kier alpha value is -1.30. The zero-order valence-corrected chi connectivity index (χ0v) is 11.5. The Labute approximate surface area is 110 Å². The van der Waals surface area contributed by atoms with Gasteiger partial charge < -0.3 is 10.0 Å². The fraction of sp³-hybridized carbons (Fsp3) is 0.583. The molecule has 2 atom stereocenters. The molecule has 0 aliphatic carbocycles. The van der Waals surface area contributed by atoms with Gasteiger partial charge in [0.05, 0.1) is 0 Å². The summed E-state index contributed by atoms with van der Waals surface area (Å²) in [6, 6.07) is -0.873. The lowest BCUT2D eigenvalue weighted by Gasteiger charge is -2.24. The van der Waals surface area contributed by atoms with E-state index >= 15 is 0 Å². The van der Waals surface area contributed by atoms with Gasteiger partial charge in [0, 0.05) is 25.1 Å². The number of hydrogen-bond acceptors (Lipinski definition) is 4. The average Bonchev–Trinajstić information content (AvgIpc) is 2.67. The number of carboxylic acids is 1. The van der Waals surface area contributed by atoms with Crippen molar-refractivity contribution >= 4 is 28.8 Å². The van der Waals surface area contributed by atoms with Gasteiger partial charge in [-0.3, -0.25) is 9.59 Å². The molecule has 0 saturated carbocycles. The largest absolute Gasteiger partial charge is 0.479 e. The van der Waals surface area contributed by atoms with Crippen molar-refractivity contribution in [3.8, 4) is 0 Å². The standard InChI is InChI=1S/C12H17NO4S/c1-7-4-10(12(16)17)13(5-7)11(15)8(2)6-18-9(3)14/h4,8,10H,5-6H2,1-3H3,(H,16,17)/t8-,10?/m1/s1. The maximum absolute atomic E-state index is 12.1. The van der Waals surface area contributed by atoms with Crippen molar-refractivity contribution in [2.75, 3.05) is 12.3 Å². The summed E-state index contributed by atoms with van der Waals surface area (Å²) in [6.45, 7) is 5.32. The smallest absolute Gasteiger partial charge is 0.330 e. The van der Waals surface area contributed by atoms with Crippen LogP contribution in [0.3, 0.4) is 0 Å². The Bertz CT molecular complexity index is 405. The van der Waals surface area contributed by atoms with Crippen molar-refractivity contribution in [1.82, 2.24) is 4.90 Å². The molecule has 18 heavy (non-hydrogen) atoms. The van der Waals surface area contributed by atoms with Gasteiger partial charge in [0.1, 0.15) is 6.04 Å². The first-order chi connectivity index (χ1) is 8.32. The molecular formula is C12H17NO4S. The minimum Gasteiger partial charge on any atom is -0.479 e. The van der Waals surface area contributed by atoms with Crippen LogP contribution in [0.5, 0.6) is 0 Å². The maximum Gasteiger partial charge on any atom is 0.330 e. The summed E-state index contributed by atoms with van der Waals surface area (Å²) in [5.41, 5.74) is 0.877. The first-order valence-corrected chi connectivity index (χ1v) is 6.65. The molecule has 1 N–H and O–H groups in total. The van der Waals surface area contributed by atoms with E-state index in [0.717, 1.165) is 17.3 Å². The molecule has 0 radical (unpaired) electrons. The van der Waals surface area contributed by atoms with Crippen molar-refractivity contribution in [2.24, 2.45) is 5.92 Å². The van der Waals surface area contributed by atoms with Gasteiger partial charge >= 0.3 is 5.97 Å². The molecule has 5 nitrogen and oxygen atoms in total. The van der Waals surface area contributed by atoms with E-state index in [1.54, 1.807) is 19.9 Å². The molecule has 0 spiro atoms. The van der Waals surface area contributed by atoms with E-state index in [4.69, 9.17) is 5.11 Å². The third-order valence-corrected chi connectivity index (χ3v) is 3.77. The van der Waals surface area contributed by atoms with E-state index < -0.39 is 12.0 Å². The molecule has 1 rings (SSSR count). The summed E-state index contributed by atoms with van der Waals surface area (Å²) in [4.78, 5) is 35.4. The molecule has 1 aliphatic heterocycles. The summed E-state index contributed by atoms with van der Waals surface area (Å²) < 4.78 is 0. The summed E-state index contributed by atoms with van der Waals surface area (Å²) >= 11 is 1.09. The van der Waals surface area contributed by atoms with E-state index in [2.05, 4.69) is 0 Å². The van der Waals surface area contributed by atoms with Gasteiger partial charge in [-0.15, -0.1) is 0 Å². The SMILES string of the molecule is CC(=O)SC[C@@H](C)C(=O)N1CC(C)=CC1C(=O)O. The molecule has 1 amide bonds. The quantitative estimate of drug-likeness (QED) is 0.776. The van der Waals surface area contributed by atoms with Gasteiger partial charge in [-0.25, -0.2) is 4.79 Å². The van der Waals surface area contributed by atoms with Crippen LogP contribution in [0.25, 0.3) is 0 Å². The zero-order chi connectivity index (χ0) is 13.9. The molecule has 0 fully saturated rings. The van der Waals surface area contributed by atoms with Crippen LogP contribution >= 0.6 is 11.8 Å². The third-order valence-electron chi connectivity index (χ3n) is 2.69. The number of nitrogens with zero attached hydrogens (tertiary/aromatic N) is 1. The number of carbonyl (C=O) groups excluding carboxylic acids is 2. The lowest BCUT2D eigenvalue weighted by atomic mass is 10.1. The highest BCUT2D eigenvalue weighted by molar-refractivity contribution is 8.13. The Morgan fingerprint density at radius 2 is 2.17 bits per heavy atom. The van der Waals surface area contributed by atoms with Crippen LogP contribution in [0.1, 0.15) is 20.8 Å². The minimum absolute atomic E-state index is 0.0415. The van der Waals surface area contributed by atoms with E-state index in [0.29, 0.717) is 12.3 Å². The molecule has 1 unspecified atom stereocenters. The minimum atomic E-state index is -1.02. The van der Waals surface area contributed by atoms with Crippen LogP contribution in [0.15, 0.2) is 11.6 Å². The highest BCUT2D eigenvalue weighted by Crippen LogP contribution is 2.21. The molecule has 0 aromatic heterocycles. The molecule has 1 aliphatic rings. The van der Waals surface area contributed by atoms with Gasteiger partial charge in [-0.1, -0.05) is 30.3 Å². The first-order valence-electron chi connectivity index (χ1n) is 5.67. The van der Waals surface area contributed by atoms with Gasteiger partial charge in [0.2, 0.25) is 5.91 Å². The molecule has 0 saturated heterocycles. The normalized spacial score (nSPS) is 20.5. The Balaban J connectivity index is 2.66. The van der Waals surface area contributed by atoms with Crippen LogP contribution in [-0.2, 0) is 14.4 Å². The monoisotopic (exact) mass is 271 g/mol. The fourth-order valence-corrected chi connectivity index (χ4v) is 2.42. The topological polar surface area (TPSA) is 74.7 Å². The summed E-state index contributed by atoms with van der Waals surface area (Å²) in [5.74, 6) is -1.22. The molecule has 1 heterocycles. The van der Waals surface area contributed by atoms with Crippen molar-refractivity contribution in [3.63, 3.8) is 0 Å². The number of aliphatic carboxylic acids is 1. The lowest BCUT2D eigenvalue weighted by Crippen LogP contribution is -2.44. The Morgan fingerprint density at radius 3 is 2.67 bits per heavy atom. The second kappa shape index (κ2) is 6.04. The molecule has 0 bridgehead atoms. The predicted molar refractivity (Wildman–Crippen MR) is 69.2 cm³/mol. The molecule has 0 aromatic carbocycles. The van der Waals surface area contributed by atoms with Crippen molar-refractivity contribution in [3.05, 3.63) is 11.6 Å².